The fourth-order valence-corrected chi connectivity index (χ4v) is 6.99. The highest BCUT2D eigenvalue weighted by atomic mass is 33.1. The van der Waals surface area contributed by atoms with Gasteiger partial charge in [0.25, 0.3) is 0 Å². The molecule has 1 aliphatic heterocycles. The summed E-state index contributed by atoms with van der Waals surface area (Å²) < 4.78 is 0. The molecule has 1 aliphatic rings. The molecule has 0 radical (unpaired) electrons. The van der Waals surface area contributed by atoms with E-state index in [0.717, 1.165) is 11.1 Å². The van der Waals surface area contributed by atoms with Crippen molar-refractivity contribution in [2.24, 2.45) is 17.4 Å². The van der Waals surface area contributed by atoms with Crippen molar-refractivity contribution in [3.05, 3.63) is 71.8 Å². The first kappa shape index (κ1) is 37.4. The summed E-state index contributed by atoms with van der Waals surface area (Å²) in [5.41, 5.74) is 13.2. The van der Waals surface area contributed by atoms with Crippen molar-refractivity contribution in [1.82, 2.24) is 26.6 Å². The second kappa shape index (κ2) is 18.9. The van der Waals surface area contributed by atoms with Crippen molar-refractivity contribution >= 4 is 57.0 Å². The van der Waals surface area contributed by atoms with E-state index in [9.17, 15) is 28.8 Å². The maximum Gasteiger partial charge on any atom is 0.243 e. The van der Waals surface area contributed by atoms with Crippen LogP contribution in [0.5, 0.6) is 0 Å². The Morgan fingerprint density at radius 2 is 1.23 bits per heavy atom. The number of carbonyl (C=O) groups is 6. The molecule has 3 rings (SSSR count). The lowest BCUT2D eigenvalue weighted by atomic mass is 10.0. The van der Waals surface area contributed by atoms with Crippen molar-refractivity contribution in [3.8, 4) is 0 Å². The molecule has 2 aromatic rings. The van der Waals surface area contributed by atoms with Crippen LogP contribution in [-0.2, 0) is 41.6 Å². The van der Waals surface area contributed by atoms with Gasteiger partial charge < -0.3 is 38.1 Å². The minimum absolute atomic E-state index is 0.00470. The molecule has 6 amide bonds. The van der Waals surface area contributed by atoms with Gasteiger partial charge in [-0.15, -0.1) is 0 Å². The molecule has 2 aromatic carbocycles. The Balaban J connectivity index is 1.91. The minimum Gasteiger partial charge on any atom is -0.368 e. The van der Waals surface area contributed by atoms with Gasteiger partial charge in [-0.1, -0.05) is 96.1 Å². The summed E-state index contributed by atoms with van der Waals surface area (Å²) in [6.07, 6.45) is 0.497. The molecule has 47 heavy (non-hydrogen) atoms. The fraction of sp³-hybridized carbons (Fsp3) is 0.438. The van der Waals surface area contributed by atoms with Gasteiger partial charge in [-0.05, 0) is 23.5 Å². The monoisotopic (exact) mass is 685 g/mol. The van der Waals surface area contributed by atoms with Gasteiger partial charge in [0.05, 0.1) is 12.6 Å². The lowest BCUT2D eigenvalue weighted by Crippen LogP contribution is -2.58. The molecule has 15 heteroatoms. The van der Waals surface area contributed by atoms with Crippen molar-refractivity contribution < 1.29 is 28.8 Å². The van der Waals surface area contributed by atoms with E-state index >= 15 is 0 Å². The largest absolute Gasteiger partial charge is 0.368 e. The average molecular weight is 686 g/mol. The van der Waals surface area contributed by atoms with E-state index in [1.165, 1.54) is 21.6 Å². The Bertz CT molecular complexity index is 1380. The quantitative estimate of drug-likeness (QED) is 0.192. The van der Waals surface area contributed by atoms with Gasteiger partial charge in [-0.25, -0.2) is 0 Å². The average Bonchev–Trinajstić information content (AvgIpc) is 3.04. The molecule has 0 aromatic heterocycles. The predicted molar refractivity (Wildman–Crippen MR) is 183 cm³/mol. The van der Waals surface area contributed by atoms with E-state index in [2.05, 4.69) is 26.6 Å². The standard InChI is InChI=1S/C32H43N7O6S2/c1-19(2)13-23-31(44)39-26(28(34)41)18-47-46-17-22(33)29(42)37-25(15-21-11-7-4-8-12-21)32(45)38-24(14-20-9-5-3-6-10-20)30(43)35-16-27(40)36-23/h3-12,19,22-26H,13-18,33H2,1-2H3,(H2,34,41)(H,35,43)(H,36,40)(H,37,42)(H,38,45)(H,39,44)/t22-,23+,24+,25-,26+/m0/s1. The smallest absolute Gasteiger partial charge is 0.243 e. The highest BCUT2D eigenvalue weighted by Crippen LogP contribution is 2.23. The Hall–Kier alpha value is -4.08. The van der Waals surface area contributed by atoms with E-state index in [1.54, 1.807) is 24.3 Å². The van der Waals surface area contributed by atoms with Crippen LogP contribution in [-0.4, -0.2) is 83.7 Å². The third kappa shape index (κ3) is 12.9. The lowest BCUT2D eigenvalue weighted by Gasteiger charge is -2.25. The molecule has 0 spiro atoms. The third-order valence-corrected chi connectivity index (χ3v) is 9.62. The highest BCUT2D eigenvalue weighted by Gasteiger charge is 2.31. The highest BCUT2D eigenvalue weighted by molar-refractivity contribution is 8.76. The van der Waals surface area contributed by atoms with Gasteiger partial charge in [0.1, 0.15) is 24.2 Å². The molecule has 1 fully saturated rings. The Morgan fingerprint density at radius 3 is 1.79 bits per heavy atom. The number of nitrogens with one attached hydrogen (secondary N) is 5. The number of nitrogens with two attached hydrogens (primary N) is 2. The first-order chi connectivity index (χ1) is 22.4. The molecule has 9 N–H and O–H groups in total. The summed E-state index contributed by atoms with van der Waals surface area (Å²) in [5.74, 6) is -3.62. The fourth-order valence-electron chi connectivity index (χ4n) is 4.69. The predicted octanol–water partition coefficient (Wildman–Crippen LogP) is -0.219. The van der Waals surface area contributed by atoms with E-state index in [-0.39, 0.29) is 36.7 Å². The number of amides is 6. The van der Waals surface area contributed by atoms with Crippen LogP contribution < -0.4 is 38.1 Å². The zero-order chi connectivity index (χ0) is 34.3. The van der Waals surface area contributed by atoms with Gasteiger partial charge in [0, 0.05) is 24.3 Å². The molecular weight excluding hydrogens is 643 g/mol. The van der Waals surface area contributed by atoms with Crippen LogP contribution in [0, 0.1) is 5.92 Å². The molecule has 0 bridgehead atoms. The number of rotatable bonds is 7. The zero-order valence-corrected chi connectivity index (χ0v) is 28.0. The van der Waals surface area contributed by atoms with E-state index in [4.69, 9.17) is 11.5 Å². The lowest BCUT2D eigenvalue weighted by molar-refractivity contribution is -0.133. The molecule has 1 saturated heterocycles. The number of primary amides is 1. The molecule has 0 unspecified atom stereocenters. The van der Waals surface area contributed by atoms with Crippen LogP contribution in [0.2, 0.25) is 0 Å². The first-order valence-corrected chi connectivity index (χ1v) is 17.8. The van der Waals surface area contributed by atoms with Crippen LogP contribution in [0.25, 0.3) is 0 Å². The summed E-state index contributed by atoms with van der Waals surface area (Å²) in [7, 11) is 2.40. The third-order valence-electron chi connectivity index (χ3n) is 7.18. The summed E-state index contributed by atoms with van der Waals surface area (Å²) in [6.45, 7) is 3.27. The molecule has 13 nitrogen and oxygen atoms in total. The second-order valence-electron chi connectivity index (χ2n) is 11.6. The van der Waals surface area contributed by atoms with Crippen LogP contribution in [0.4, 0.5) is 0 Å². The van der Waals surface area contributed by atoms with E-state index in [0.29, 0.717) is 0 Å². The number of benzene rings is 2. The maximum atomic E-state index is 13.7. The molecule has 5 atom stereocenters. The Labute approximate surface area is 282 Å². The molecule has 254 valence electrons. The van der Waals surface area contributed by atoms with Crippen molar-refractivity contribution in [2.75, 3.05) is 18.1 Å². The van der Waals surface area contributed by atoms with Crippen LogP contribution >= 0.6 is 21.6 Å². The molecular formula is C32H43N7O6S2. The second-order valence-corrected chi connectivity index (χ2v) is 14.2. The number of hydrogen-bond acceptors (Lipinski definition) is 9. The summed E-state index contributed by atoms with van der Waals surface area (Å²) in [4.78, 5) is 78.6. The van der Waals surface area contributed by atoms with Gasteiger partial charge in [0.15, 0.2) is 0 Å². The van der Waals surface area contributed by atoms with Gasteiger partial charge >= 0.3 is 0 Å². The van der Waals surface area contributed by atoms with Crippen molar-refractivity contribution in [1.29, 1.82) is 0 Å². The van der Waals surface area contributed by atoms with Gasteiger partial charge in [0.2, 0.25) is 35.4 Å². The van der Waals surface area contributed by atoms with Crippen LogP contribution in [0.3, 0.4) is 0 Å². The number of carbonyl (C=O) groups excluding carboxylic acids is 6. The minimum atomic E-state index is -1.11. The topological polar surface area (TPSA) is 215 Å². The van der Waals surface area contributed by atoms with Gasteiger partial charge in [-0.2, -0.15) is 0 Å². The molecule has 1 heterocycles. The molecule has 0 aliphatic carbocycles. The zero-order valence-electron chi connectivity index (χ0n) is 26.4. The maximum absolute atomic E-state index is 13.7. The number of hydrogen-bond donors (Lipinski definition) is 7. The first-order valence-electron chi connectivity index (χ1n) is 15.3. The van der Waals surface area contributed by atoms with E-state index < -0.39 is 72.2 Å². The Morgan fingerprint density at radius 1 is 0.723 bits per heavy atom. The van der Waals surface area contributed by atoms with Crippen molar-refractivity contribution in [2.45, 2.75) is 63.3 Å². The molecule has 0 saturated carbocycles. The summed E-state index contributed by atoms with van der Waals surface area (Å²) in [5, 5.41) is 13.3. The normalized spacial score (nSPS) is 24.3. The van der Waals surface area contributed by atoms with Crippen molar-refractivity contribution in [3.63, 3.8) is 0 Å². The summed E-state index contributed by atoms with van der Waals surface area (Å²) in [6, 6.07) is 12.9. The Kier molecular flexibility index (Phi) is 15.0. The van der Waals surface area contributed by atoms with Gasteiger partial charge in [-0.3, -0.25) is 28.8 Å². The summed E-state index contributed by atoms with van der Waals surface area (Å²) >= 11 is 0. The van der Waals surface area contributed by atoms with Crippen LogP contribution in [0.15, 0.2) is 60.7 Å². The van der Waals surface area contributed by atoms with E-state index in [1.807, 2.05) is 50.2 Å². The van der Waals surface area contributed by atoms with Crippen LogP contribution in [0.1, 0.15) is 31.4 Å². The SMILES string of the molecule is CC(C)C[C@H]1NC(=O)CNC(=O)[C@@H](Cc2ccccc2)NC(=O)[C@H](Cc2ccccc2)NC(=O)[C@@H](N)CSSC[C@H](C(N)=O)NC1=O.